The molecule has 24 heavy (non-hydrogen) atoms. The van der Waals surface area contributed by atoms with Crippen molar-refractivity contribution >= 4 is 5.90 Å². The fraction of sp³-hybridized carbons (Fsp3) is 0.333. The van der Waals surface area contributed by atoms with E-state index in [4.69, 9.17) is 0 Å². The molecule has 0 aliphatic heterocycles. The molecule has 0 fully saturated rings. The van der Waals surface area contributed by atoms with Crippen molar-refractivity contribution in [1.29, 1.82) is 0 Å². The van der Waals surface area contributed by atoms with Gasteiger partial charge in [-0.05, 0) is 29.5 Å². The summed E-state index contributed by atoms with van der Waals surface area (Å²) in [6.45, 7) is 4.53. The number of hydrogen-bond acceptors (Lipinski definition) is 5. The van der Waals surface area contributed by atoms with Crippen molar-refractivity contribution in [3.8, 4) is 5.75 Å². The molecule has 0 amide bonds. The van der Waals surface area contributed by atoms with Crippen molar-refractivity contribution in [2.45, 2.75) is 33.0 Å². The van der Waals surface area contributed by atoms with Crippen molar-refractivity contribution in [1.82, 2.24) is 10.3 Å². The topological polar surface area (TPSA) is 83.4 Å². The predicted molar refractivity (Wildman–Crippen MR) is 86.7 cm³/mol. The average Bonchev–Trinajstić information content (AvgIpc) is 2.55. The first-order chi connectivity index (χ1) is 11.1. The maximum atomic E-state index is 12.3. The van der Waals surface area contributed by atoms with E-state index in [9.17, 15) is 10.2 Å². The largest absolute Gasteiger partial charge is 2.00 e. The van der Waals surface area contributed by atoms with E-state index in [0.29, 0.717) is 12.1 Å². The molecule has 1 unspecified atom stereocenters. The molecule has 2 aromatic rings. The smallest absolute Gasteiger partial charge is 0.872 e. The minimum absolute atomic E-state index is 0. The molecule has 1 aromatic heterocycles. The van der Waals surface area contributed by atoms with E-state index >= 15 is 0 Å². The first kappa shape index (κ1) is 20.3. The van der Waals surface area contributed by atoms with Gasteiger partial charge in [0.1, 0.15) is 0 Å². The average molecular weight is 418 g/mol. The quantitative estimate of drug-likeness (QED) is 0.417. The molecular weight excluding hydrogens is 397 g/mol. The van der Waals surface area contributed by atoms with Gasteiger partial charge in [-0.2, -0.15) is 0 Å². The zero-order chi connectivity index (χ0) is 16.7. The van der Waals surface area contributed by atoms with Crippen LogP contribution in [0.2, 0.25) is 0 Å². The fourth-order valence-corrected chi connectivity index (χ4v) is 2.23. The van der Waals surface area contributed by atoms with Crippen molar-refractivity contribution in [3.63, 3.8) is 0 Å². The number of nitrogens with zero attached hydrogens (tertiary/aromatic N) is 2. The first-order valence-corrected chi connectivity index (χ1v) is 7.67. The molecule has 1 heterocycles. The molecule has 0 saturated heterocycles. The van der Waals surface area contributed by atoms with Crippen LogP contribution in [0.1, 0.15) is 25.1 Å². The number of aliphatic imine (C=N–C) groups is 1. The van der Waals surface area contributed by atoms with E-state index in [-0.39, 0.29) is 44.5 Å². The zero-order valence-electron chi connectivity index (χ0n) is 13.7. The number of nitrogens with one attached hydrogen (secondary N) is 1. The minimum Gasteiger partial charge on any atom is -0.872 e. The maximum absolute atomic E-state index is 12.3. The van der Waals surface area contributed by atoms with Crippen LogP contribution in [0.5, 0.6) is 5.75 Å². The molecule has 1 aromatic carbocycles. The Labute approximate surface area is 156 Å². The predicted octanol–water partition coefficient (Wildman–Crippen LogP) is 1.23. The number of hydrogen-bond donors (Lipinski definition) is 1. The van der Waals surface area contributed by atoms with Crippen molar-refractivity contribution in [2.24, 2.45) is 10.9 Å². The third-order valence-corrected chi connectivity index (χ3v) is 3.54. The van der Waals surface area contributed by atoms with Gasteiger partial charge in [0.25, 0.3) is 0 Å². The Bertz CT molecular complexity index is 648. The van der Waals surface area contributed by atoms with Gasteiger partial charge in [0.2, 0.25) is 0 Å². The molecule has 0 aliphatic rings. The van der Waals surface area contributed by atoms with E-state index in [2.05, 4.69) is 15.3 Å². The molecular formula is C18H21N3O2Pd. The fourth-order valence-electron chi connectivity index (χ4n) is 2.23. The summed E-state index contributed by atoms with van der Waals surface area (Å²) in [6, 6.07) is 11.9. The van der Waals surface area contributed by atoms with Crippen LogP contribution in [-0.4, -0.2) is 16.9 Å². The van der Waals surface area contributed by atoms with Gasteiger partial charge < -0.3 is 15.5 Å². The molecule has 2 rings (SSSR count). The molecule has 0 bridgehead atoms. The third-order valence-electron chi connectivity index (χ3n) is 3.54. The Balaban J connectivity index is 0.00000288. The van der Waals surface area contributed by atoms with E-state index in [1.807, 2.05) is 38.1 Å². The van der Waals surface area contributed by atoms with Gasteiger partial charge in [-0.15, -0.1) is 5.75 Å². The number of para-hydroxylation sites is 1. The second kappa shape index (κ2) is 10.2. The molecule has 1 atom stereocenters. The Hall–Kier alpha value is -1.74. The van der Waals surface area contributed by atoms with Crippen molar-refractivity contribution in [2.75, 3.05) is 0 Å². The van der Waals surface area contributed by atoms with E-state index < -0.39 is 6.04 Å². The summed E-state index contributed by atoms with van der Waals surface area (Å²) in [5.74, 6) is -0.164. The summed E-state index contributed by atoms with van der Waals surface area (Å²) in [7, 11) is 0. The van der Waals surface area contributed by atoms with Gasteiger partial charge >= 0.3 is 20.4 Å². The van der Waals surface area contributed by atoms with Gasteiger partial charge in [-0.25, -0.2) is 0 Å². The number of pyridine rings is 1. The Morgan fingerprint density at radius 2 is 1.88 bits per heavy atom. The van der Waals surface area contributed by atoms with Gasteiger partial charge in [0.15, 0.2) is 0 Å². The molecule has 0 spiro atoms. The molecule has 0 aliphatic carbocycles. The van der Waals surface area contributed by atoms with Crippen LogP contribution < -0.4 is 15.5 Å². The molecule has 130 valence electrons. The first-order valence-electron chi connectivity index (χ1n) is 7.67. The molecule has 0 radical (unpaired) electrons. The SMILES string of the molecule is CC(C)C(NCc1ccccc1[O-])C([O-])=NCc1ccccn1.[Pd+2]. The van der Waals surface area contributed by atoms with Crippen LogP contribution in [0.4, 0.5) is 0 Å². The van der Waals surface area contributed by atoms with Crippen LogP contribution in [-0.2, 0) is 33.5 Å². The van der Waals surface area contributed by atoms with E-state index in [1.165, 1.54) is 6.07 Å². The number of rotatable bonds is 7. The summed E-state index contributed by atoms with van der Waals surface area (Å²) < 4.78 is 0. The normalized spacial score (nSPS) is 12.7. The summed E-state index contributed by atoms with van der Waals surface area (Å²) >= 11 is 0. The summed E-state index contributed by atoms with van der Waals surface area (Å²) in [5.41, 5.74) is 1.41. The van der Waals surface area contributed by atoms with Crippen molar-refractivity contribution in [3.05, 3.63) is 59.9 Å². The second-order valence-corrected chi connectivity index (χ2v) is 5.69. The Morgan fingerprint density at radius 1 is 1.17 bits per heavy atom. The van der Waals surface area contributed by atoms with Crippen LogP contribution in [0.3, 0.4) is 0 Å². The zero-order valence-corrected chi connectivity index (χ0v) is 15.3. The van der Waals surface area contributed by atoms with Gasteiger partial charge in [0.05, 0.1) is 12.2 Å². The number of aromatic nitrogens is 1. The molecule has 1 N–H and O–H groups in total. The summed E-state index contributed by atoms with van der Waals surface area (Å²) in [4.78, 5) is 8.26. The molecule has 6 heteroatoms. The molecule has 0 saturated carbocycles. The van der Waals surface area contributed by atoms with E-state index in [0.717, 1.165) is 5.69 Å². The summed E-state index contributed by atoms with van der Waals surface area (Å²) in [5, 5.41) is 27.2. The number of benzene rings is 1. The van der Waals surface area contributed by atoms with Gasteiger partial charge in [0, 0.05) is 18.8 Å². The minimum atomic E-state index is -0.418. The Morgan fingerprint density at radius 3 is 2.50 bits per heavy atom. The standard InChI is InChI=1S/C18H23N3O2.Pd/c1-13(2)17(20-11-14-7-3-4-9-16(14)22)18(23)21-12-15-8-5-6-10-19-15;/h3-10,13,17,20,22H,11-12H2,1-2H3,(H,21,23);/q;+2/p-2. The maximum Gasteiger partial charge on any atom is 2.00 e. The van der Waals surface area contributed by atoms with E-state index in [1.54, 1.807) is 18.3 Å². The molecule has 5 nitrogen and oxygen atoms in total. The third kappa shape index (κ3) is 6.05. The van der Waals surface area contributed by atoms with Gasteiger partial charge in [-0.3, -0.25) is 9.98 Å². The van der Waals surface area contributed by atoms with Crippen LogP contribution in [0.15, 0.2) is 53.7 Å². The second-order valence-electron chi connectivity index (χ2n) is 5.69. The summed E-state index contributed by atoms with van der Waals surface area (Å²) in [6.07, 6.45) is 1.68. The van der Waals surface area contributed by atoms with Crippen LogP contribution >= 0.6 is 0 Å². The van der Waals surface area contributed by atoms with Gasteiger partial charge in [-0.1, -0.05) is 44.2 Å². The van der Waals surface area contributed by atoms with Crippen LogP contribution in [0, 0.1) is 5.92 Å². The monoisotopic (exact) mass is 417 g/mol. The van der Waals surface area contributed by atoms with Crippen LogP contribution in [0.25, 0.3) is 0 Å². The van der Waals surface area contributed by atoms with Crippen molar-refractivity contribution < 1.29 is 30.6 Å². The Kier molecular flexibility index (Phi) is 8.63.